The maximum absolute atomic E-state index is 12.1. The number of carbonyl (C=O) groups excluding carboxylic acids is 1. The topological polar surface area (TPSA) is 43.3 Å². The summed E-state index contributed by atoms with van der Waals surface area (Å²) in [6.07, 6.45) is 4.37. The largest absolute Gasteiger partial charge is 0.497 e. The fourth-order valence-corrected chi connectivity index (χ4v) is 2.48. The van der Waals surface area contributed by atoms with Gasteiger partial charge in [-0.05, 0) is 47.5 Å². The first-order chi connectivity index (χ1) is 11.7. The number of carbonyl (C=O) groups is 1. The molecule has 0 bridgehead atoms. The second-order valence-corrected chi connectivity index (χ2v) is 5.56. The summed E-state index contributed by atoms with van der Waals surface area (Å²) >= 11 is 0. The standard InChI is InChI=1S/C20H20N2O2/c1-24-19-10-6-17(7-11-19)15-21-20(23)14-16-4-8-18(9-5-16)22-12-2-3-13-22/h2-13H,14-15H2,1H3,(H,21,23). The number of ether oxygens (including phenoxy) is 1. The highest BCUT2D eigenvalue weighted by atomic mass is 16.5. The summed E-state index contributed by atoms with van der Waals surface area (Å²) in [5.41, 5.74) is 3.13. The van der Waals surface area contributed by atoms with Crippen molar-refractivity contribution in [2.75, 3.05) is 7.11 Å². The van der Waals surface area contributed by atoms with Crippen molar-refractivity contribution in [1.82, 2.24) is 9.88 Å². The van der Waals surface area contributed by atoms with Gasteiger partial charge >= 0.3 is 0 Å². The van der Waals surface area contributed by atoms with Crippen molar-refractivity contribution in [2.45, 2.75) is 13.0 Å². The minimum absolute atomic E-state index is 0.0135. The molecule has 0 fully saturated rings. The van der Waals surface area contributed by atoms with Gasteiger partial charge in [0.1, 0.15) is 5.75 Å². The van der Waals surface area contributed by atoms with E-state index in [1.165, 1.54) is 0 Å². The molecular weight excluding hydrogens is 300 g/mol. The molecule has 2 aromatic carbocycles. The summed E-state index contributed by atoms with van der Waals surface area (Å²) < 4.78 is 7.16. The number of hydrogen-bond donors (Lipinski definition) is 1. The number of amides is 1. The van der Waals surface area contributed by atoms with Crippen LogP contribution in [0.15, 0.2) is 73.1 Å². The first-order valence-corrected chi connectivity index (χ1v) is 7.86. The molecule has 0 saturated heterocycles. The fourth-order valence-electron chi connectivity index (χ4n) is 2.48. The first kappa shape index (κ1) is 15.9. The summed E-state index contributed by atoms with van der Waals surface area (Å²) in [6, 6.07) is 19.7. The molecule has 1 N–H and O–H groups in total. The van der Waals surface area contributed by atoms with Crippen molar-refractivity contribution < 1.29 is 9.53 Å². The van der Waals surface area contributed by atoms with Gasteiger partial charge in [0, 0.05) is 24.6 Å². The zero-order valence-electron chi connectivity index (χ0n) is 13.6. The predicted molar refractivity (Wildman–Crippen MR) is 94.3 cm³/mol. The zero-order chi connectivity index (χ0) is 16.8. The molecule has 1 amide bonds. The van der Waals surface area contributed by atoms with Gasteiger partial charge in [-0.3, -0.25) is 4.79 Å². The van der Waals surface area contributed by atoms with E-state index in [0.717, 1.165) is 22.6 Å². The lowest BCUT2D eigenvalue weighted by Crippen LogP contribution is -2.24. The Morgan fingerprint density at radius 2 is 1.58 bits per heavy atom. The lowest BCUT2D eigenvalue weighted by Gasteiger charge is -2.08. The number of benzene rings is 2. The molecule has 1 heterocycles. The molecule has 0 unspecified atom stereocenters. The van der Waals surface area contributed by atoms with Crippen LogP contribution in [0.5, 0.6) is 5.75 Å². The van der Waals surface area contributed by atoms with E-state index in [2.05, 4.69) is 5.32 Å². The normalized spacial score (nSPS) is 10.4. The van der Waals surface area contributed by atoms with Gasteiger partial charge in [0.25, 0.3) is 0 Å². The van der Waals surface area contributed by atoms with E-state index in [1.54, 1.807) is 7.11 Å². The summed E-state index contributed by atoms with van der Waals surface area (Å²) in [5.74, 6) is 0.826. The summed E-state index contributed by atoms with van der Waals surface area (Å²) in [4.78, 5) is 12.1. The van der Waals surface area contributed by atoms with Crippen LogP contribution in [-0.2, 0) is 17.8 Å². The average Bonchev–Trinajstić information content (AvgIpc) is 3.16. The van der Waals surface area contributed by atoms with E-state index < -0.39 is 0 Å². The van der Waals surface area contributed by atoms with Crippen LogP contribution >= 0.6 is 0 Å². The van der Waals surface area contributed by atoms with Gasteiger partial charge in [0.05, 0.1) is 13.5 Å². The van der Waals surface area contributed by atoms with Crippen LogP contribution in [0.1, 0.15) is 11.1 Å². The molecule has 3 rings (SSSR count). The molecular formula is C20H20N2O2. The Morgan fingerprint density at radius 3 is 2.21 bits per heavy atom. The monoisotopic (exact) mass is 320 g/mol. The summed E-state index contributed by atoms with van der Waals surface area (Å²) in [5, 5.41) is 2.94. The number of nitrogens with zero attached hydrogens (tertiary/aromatic N) is 1. The van der Waals surface area contributed by atoms with Crippen molar-refractivity contribution in [1.29, 1.82) is 0 Å². The van der Waals surface area contributed by atoms with E-state index >= 15 is 0 Å². The Hall–Kier alpha value is -3.01. The van der Waals surface area contributed by atoms with Crippen molar-refractivity contribution in [3.63, 3.8) is 0 Å². The van der Waals surface area contributed by atoms with Crippen molar-refractivity contribution >= 4 is 5.91 Å². The smallest absolute Gasteiger partial charge is 0.224 e. The Kier molecular flexibility index (Phi) is 4.96. The number of rotatable bonds is 6. The van der Waals surface area contributed by atoms with Crippen LogP contribution < -0.4 is 10.1 Å². The molecule has 0 aliphatic heterocycles. The van der Waals surface area contributed by atoms with E-state index in [-0.39, 0.29) is 5.91 Å². The molecule has 4 heteroatoms. The summed E-state index contributed by atoms with van der Waals surface area (Å²) in [6.45, 7) is 0.518. The Morgan fingerprint density at radius 1 is 0.958 bits per heavy atom. The maximum Gasteiger partial charge on any atom is 0.224 e. The highest BCUT2D eigenvalue weighted by molar-refractivity contribution is 5.78. The highest BCUT2D eigenvalue weighted by Crippen LogP contribution is 2.12. The van der Waals surface area contributed by atoms with Gasteiger partial charge < -0.3 is 14.6 Å². The molecule has 1 aromatic heterocycles. The Balaban J connectivity index is 1.52. The molecule has 0 radical (unpaired) electrons. The third kappa shape index (κ3) is 4.04. The van der Waals surface area contributed by atoms with Crippen LogP contribution in [0.25, 0.3) is 5.69 Å². The predicted octanol–water partition coefficient (Wildman–Crippen LogP) is 3.34. The van der Waals surface area contributed by atoms with Crippen LogP contribution in [0, 0.1) is 0 Å². The van der Waals surface area contributed by atoms with Gasteiger partial charge in [0.15, 0.2) is 0 Å². The van der Waals surface area contributed by atoms with Gasteiger partial charge in [-0.15, -0.1) is 0 Å². The molecule has 0 aliphatic carbocycles. The van der Waals surface area contributed by atoms with Crippen LogP contribution in [0.4, 0.5) is 0 Å². The minimum Gasteiger partial charge on any atom is -0.497 e. The maximum atomic E-state index is 12.1. The van der Waals surface area contributed by atoms with Crippen molar-refractivity contribution in [3.05, 3.63) is 84.2 Å². The number of aromatic nitrogens is 1. The second kappa shape index (κ2) is 7.51. The Bertz CT molecular complexity index is 776. The fraction of sp³-hybridized carbons (Fsp3) is 0.150. The molecule has 0 atom stereocenters. The lowest BCUT2D eigenvalue weighted by atomic mass is 10.1. The first-order valence-electron chi connectivity index (χ1n) is 7.86. The van der Waals surface area contributed by atoms with Gasteiger partial charge in [-0.1, -0.05) is 24.3 Å². The molecule has 122 valence electrons. The van der Waals surface area contributed by atoms with Gasteiger partial charge in [-0.25, -0.2) is 0 Å². The third-order valence-electron chi connectivity index (χ3n) is 3.85. The molecule has 0 aliphatic rings. The number of nitrogens with one attached hydrogen (secondary N) is 1. The van der Waals surface area contributed by atoms with Crippen molar-refractivity contribution in [3.8, 4) is 11.4 Å². The van der Waals surface area contributed by atoms with E-state index in [4.69, 9.17) is 4.74 Å². The van der Waals surface area contributed by atoms with E-state index in [1.807, 2.05) is 77.6 Å². The van der Waals surface area contributed by atoms with E-state index in [0.29, 0.717) is 13.0 Å². The van der Waals surface area contributed by atoms with Crippen LogP contribution in [0.2, 0.25) is 0 Å². The molecule has 24 heavy (non-hydrogen) atoms. The van der Waals surface area contributed by atoms with E-state index in [9.17, 15) is 4.79 Å². The minimum atomic E-state index is 0.0135. The second-order valence-electron chi connectivity index (χ2n) is 5.56. The lowest BCUT2D eigenvalue weighted by molar-refractivity contribution is -0.120. The number of hydrogen-bond acceptors (Lipinski definition) is 2. The van der Waals surface area contributed by atoms with Crippen LogP contribution in [-0.4, -0.2) is 17.6 Å². The summed E-state index contributed by atoms with van der Waals surface area (Å²) in [7, 11) is 1.64. The molecule has 4 nitrogen and oxygen atoms in total. The highest BCUT2D eigenvalue weighted by Gasteiger charge is 2.04. The Labute approximate surface area is 141 Å². The quantitative estimate of drug-likeness (QED) is 0.757. The number of methoxy groups -OCH3 is 1. The molecule has 0 spiro atoms. The van der Waals surface area contributed by atoms with Crippen LogP contribution in [0.3, 0.4) is 0 Å². The van der Waals surface area contributed by atoms with Gasteiger partial charge in [0.2, 0.25) is 5.91 Å². The molecule has 3 aromatic rings. The SMILES string of the molecule is COc1ccc(CNC(=O)Cc2ccc(-n3cccc3)cc2)cc1. The van der Waals surface area contributed by atoms with Crippen molar-refractivity contribution in [2.24, 2.45) is 0 Å². The van der Waals surface area contributed by atoms with Gasteiger partial charge in [-0.2, -0.15) is 0 Å². The average molecular weight is 320 g/mol. The third-order valence-corrected chi connectivity index (χ3v) is 3.85. The molecule has 0 saturated carbocycles. The zero-order valence-corrected chi connectivity index (χ0v) is 13.6.